The molecule has 1 aliphatic rings. The monoisotopic (exact) mass is 342 g/mol. The number of carbonyl (C=O) groups is 2. The maximum absolute atomic E-state index is 12.9. The van der Waals surface area contributed by atoms with Gasteiger partial charge in [0.25, 0.3) is 5.91 Å². The molecule has 25 heavy (non-hydrogen) atoms. The van der Waals surface area contributed by atoms with Crippen molar-refractivity contribution in [1.29, 1.82) is 0 Å². The zero-order chi connectivity index (χ0) is 17.6. The molecule has 0 unspecified atom stereocenters. The van der Waals surface area contributed by atoms with E-state index in [-0.39, 0.29) is 30.2 Å². The van der Waals surface area contributed by atoms with Crippen LogP contribution in [0.4, 0.5) is 15.8 Å². The minimum Gasteiger partial charge on any atom is -0.368 e. The molecule has 5 nitrogen and oxygen atoms in total. The van der Waals surface area contributed by atoms with E-state index in [4.69, 9.17) is 4.74 Å². The molecular formula is C19H19FN2O3. The lowest BCUT2D eigenvalue weighted by Gasteiger charge is -2.11. The third-order valence-corrected chi connectivity index (χ3v) is 3.94. The van der Waals surface area contributed by atoms with Crippen molar-refractivity contribution in [3.63, 3.8) is 0 Å². The molecule has 0 saturated carbocycles. The third kappa shape index (κ3) is 4.87. The highest BCUT2D eigenvalue weighted by atomic mass is 19.1. The highest BCUT2D eigenvalue weighted by Crippen LogP contribution is 2.17. The fourth-order valence-corrected chi connectivity index (χ4v) is 2.64. The first-order valence-corrected chi connectivity index (χ1v) is 8.17. The van der Waals surface area contributed by atoms with Gasteiger partial charge < -0.3 is 15.4 Å². The Labute approximate surface area is 145 Å². The fraction of sp³-hybridized carbons (Fsp3) is 0.263. The smallest absolute Gasteiger partial charge is 0.253 e. The van der Waals surface area contributed by atoms with E-state index in [1.807, 2.05) is 0 Å². The van der Waals surface area contributed by atoms with Gasteiger partial charge in [0.2, 0.25) is 5.91 Å². The molecule has 3 rings (SSSR count). The molecule has 1 saturated heterocycles. The van der Waals surface area contributed by atoms with Crippen molar-refractivity contribution in [1.82, 2.24) is 0 Å². The number of benzene rings is 2. The van der Waals surface area contributed by atoms with Crippen molar-refractivity contribution >= 4 is 23.2 Å². The molecule has 0 spiro atoms. The molecule has 0 radical (unpaired) electrons. The molecule has 2 aromatic rings. The number of rotatable bonds is 5. The van der Waals surface area contributed by atoms with Crippen LogP contribution in [-0.2, 0) is 20.7 Å². The summed E-state index contributed by atoms with van der Waals surface area (Å²) in [6.07, 6.45) is 1.42. The van der Waals surface area contributed by atoms with Crippen molar-refractivity contribution in [3.8, 4) is 0 Å². The predicted octanol–water partition coefficient (Wildman–Crippen LogP) is 3.12. The van der Waals surface area contributed by atoms with E-state index < -0.39 is 0 Å². The van der Waals surface area contributed by atoms with Gasteiger partial charge in [0.15, 0.2) is 0 Å². The van der Waals surface area contributed by atoms with Crippen molar-refractivity contribution in [3.05, 3.63) is 59.9 Å². The molecule has 0 bridgehead atoms. The van der Waals surface area contributed by atoms with E-state index in [2.05, 4.69) is 10.6 Å². The SMILES string of the molecule is O=C(Cc1ccc(F)cc1)Nc1ccc(NC(=O)[C@H]2CCCO2)cc1. The van der Waals surface area contributed by atoms with E-state index in [1.54, 1.807) is 36.4 Å². The summed E-state index contributed by atoms with van der Waals surface area (Å²) in [6.45, 7) is 0.622. The lowest BCUT2D eigenvalue weighted by Crippen LogP contribution is -2.26. The van der Waals surface area contributed by atoms with Crippen LogP contribution in [-0.4, -0.2) is 24.5 Å². The molecule has 1 aliphatic heterocycles. The second kappa shape index (κ2) is 7.90. The summed E-state index contributed by atoms with van der Waals surface area (Å²) in [5, 5.41) is 5.57. The zero-order valence-corrected chi connectivity index (χ0v) is 13.6. The summed E-state index contributed by atoms with van der Waals surface area (Å²) >= 11 is 0. The van der Waals surface area contributed by atoms with Crippen molar-refractivity contribution in [2.24, 2.45) is 0 Å². The lowest BCUT2D eigenvalue weighted by molar-refractivity contribution is -0.124. The Morgan fingerprint density at radius 2 is 1.64 bits per heavy atom. The number of hydrogen-bond acceptors (Lipinski definition) is 3. The number of ether oxygens (including phenoxy) is 1. The predicted molar refractivity (Wildman–Crippen MR) is 92.8 cm³/mol. The Morgan fingerprint density at radius 1 is 1.00 bits per heavy atom. The zero-order valence-electron chi connectivity index (χ0n) is 13.6. The number of amides is 2. The molecule has 2 aromatic carbocycles. The fourth-order valence-electron chi connectivity index (χ4n) is 2.64. The first-order valence-electron chi connectivity index (χ1n) is 8.17. The van der Waals surface area contributed by atoms with Gasteiger partial charge in [0, 0.05) is 18.0 Å². The molecule has 1 heterocycles. The van der Waals surface area contributed by atoms with E-state index >= 15 is 0 Å². The largest absolute Gasteiger partial charge is 0.368 e. The first kappa shape index (κ1) is 17.1. The minimum absolute atomic E-state index is 0.148. The van der Waals surface area contributed by atoms with Gasteiger partial charge in [-0.05, 0) is 54.8 Å². The Balaban J connectivity index is 1.52. The normalized spacial score (nSPS) is 16.4. The van der Waals surface area contributed by atoms with Crippen LogP contribution < -0.4 is 10.6 Å². The Hall–Kier alpha value is -2.73. The van der Waals surface area contributed by atoms with Crippen molar-refractivity contribution in [2.75, 3.05) is 17.2 Å². The Bertz CT molecular complexity index is 738. The van der Waals surface area contributed by atoms with Gasteiger partial charge in [-0.1, -0.05) is 12.1 Å². The summed E-state index contributed by atoms with van der Waals surface area (Å²) < 4.78 is 18.2. The molecule has 2 amide bonds. The van der Waals surface area contributed by atoms with Crippen LogP contribution in [0.2, 0.25) is 0 Å². The standard InChI is InChI=1S/C19H19FN2O3/c20-14-5-3-13(4-6-14)12-18(23)21-15-7-9-16(10-8-15)22-19(24)17-2-1-11-25-17/h3-10,17H,1-2,11-12H2,(H,21,23)(H,22,24)/t17-/m1/s1. The average molecular weight is 342 g/mol. The Kier molecular flexibility index (Phi) is 5.40. The molecule has 1 fully saturated rings. The molecule has 0 aliphatic carbocycles. The molecule has 1 atom stereocenters. The first-order chi connectivity index (χ1) is 12.1. The number of nitrogens with one attached hydrogen (secondary N) is 2. The van der Waals surface area contributed by atoms with Gasteiger partial charge in [-0.25, -0.2) is 4.39 Å². The second-order valence-corrected chi connectivity index (χ2v) is 5.92. The quantitative estimate of drug-likeness (QED) is 0.877. The van der Waals surface area contributed by atoms with E-state index in [0.29, 0.717) is 18.0 Å². The topological polar surface area (TPSA) is 67.4 Å². The average Bonchev–Trinajstić information content (AvgIpc) is 3.13. The number of anilines is 2. The summed E-state index contributed by atoms with van der Waals surface area (Å²) in [4.78, 5) is 24.0. The molecule has 130 valence electrons. The van der Waals surface area contributed by atoms with Gasteiger partial charge >= 0.3 is 0 Å². The van der Waals surface area contributed by atoms with Crippen LogP contribution in [0, 0.1) is 5.82 Å². The van der Waals surface area contributed by atoms with Crippen LogP contribution in [0.5, 0.6) is 0 Å². The van der Waals surface area contributed by atoms with Gasteiger partial charge in [0.05, 0.1) is 6.42 Å². The molecule has 6 heteroatoms. The Morgan fingerprint density at radius 3 is 2.24 bits per heavy atom. The number of hydrogen-bond donors (Lipinski definition) is 2. The summed E-state index contributed by atoms with van der Waals surface area (Å²) in [5.74, 6) is -0.668. The van der Waals surface area contributed by atoms with Crippen LogP contribution >= 0.6 is 0 Å². The number of halogens is 1. The third-order valence-electron chi connectivity index (χ3n) is 3.94. The minimum atomic E-state index is -0.380. The van der Waals surface area contributed by atoms with Gasteiger partial charge in [0.1, 0.15) is 11.9 Å². The molecule has 0 aromatic heterocycles. The number of carbonyl (C=O) groups excluding carboxylic acids is 2. The molecule has 2 N–H and O–H groups in total. The van der Waals surface area contributed by atoms with E-state index in [1.165, 1.54) is 12.1 Å². The van der Waals surface area contributed by atoms with E-state index in [0.717, 1.165) is 18.4 Å². The van der Waals surface area contributed by atoms with E-state index in [9.17, 15) is 14.0 Å². The maximum atomic E-state index is 12.9. The van der Waals surface area contributed by atoms with Crippen molar-refractivity contribution < 1.29 is 18.7 Å². The van der Waals surface area contributed by atoms with Gasteiger partial charge in [-0.3, -0.25) is 9.59 Å². The highest BCUT2D eigenvalue weighted by molar-refractivity contribution is 5.95. The van der Waals surface area contributed by atoms with Crippen LogP contribution in [0.25, 0.3) is 0 Å². The molecular weight excluding hydrogens is 323 g/mol. The van der Waals surface area contributed by atoms with Crippen LogP contribution in [0.1, 0.15) is 18.4 Å². The lowest BCUT2D eigenvalue weighted by atomic mass is 10.1. The van der Waals surface area contributed by atoms with Gasteiger partial charge in [-0.2, -0.15) is 0 Å². The highest BCUT2D eigenvalue weighted by Gasteiger charge is 2.23. The summed E-state index contributed by atoms with van der Waals surface area (Å²) in [6, 6.07) is 12.7. The summed E-state index contributed by atoms with van der Waals surface area (Å²) in [7, 11) is 0. The van der Waals surface area contributed by atoms with Crippen molar-refractivity contribution in [2.45, 2.75) is 25.4 Å². The maximum Gasteiger partial charge on any atom is 0.253 e. The summed E-state index contributed by atoms with van der Waals surface area (Å²) in [5.41, 5.74) is 2.01. The van der Waals surface area contributed by atoms with Crippen LogP contribution in [0.3, 0.4) is 0 Å². The van der Waals surface area contributed by atoms with Crippen LogP contribution in [0.15, 0.2) is 48.5 Å². The van der Waals surface area contributed by atoms with Gasteiger partial charge in [-0.15, -0.1) is 0 Å². The second-order valence-electron chi connectivity index (χ2n) is 5.92.